The lowest BCUT2D eigenvalue weighted by atomic mass is 10.0. The molecule has 3 heterocycles. The van der Waals surface area contributed by atoms with Gasteiger partial charge < -0.3 is 20.3 Å². The third-order valence-corrected chi connectivity index (χ3v) is 4.74. The first-order chi connectivity index (χ1) is 12.1. The highest BCUT2D eigenvalue weighted by Gasteiger charge is 2.29. The highest BCUT2D eigenvalue weighted by Crippen LogP contribution is 2.21. The van der Waals surface area contributed by atoms with E-state index in [0.717, 1.165) is 32.0 Å². The first-order valence-electron chi connectivity index (χ1n) is 9.03. The molecule has 0 amide bonds. The number of carbonyl (C=O) groups excluding carboxylic acids is 1. The van der Waals surface area contributed by atoms with Gasteiger partial charge in [-0.3, -0.25) is 0 Å². The zero-order valence-electron chi connectivity index (χ0n) is 15.4. The summed E-state index contributed by atoms with van der Waals surface area (Å²) in [6.45, 7) is 8.03. The van der Waals surface area contributed by atoms with Crippen LogP contribution in [-0.4, -0.2) is 60.6 Å². The van der Waals surface area contributed by atoms with E-state index in [1.54, 1.807) is 19.2 Å². The number of nitrogens with zero attached hydrogens (tertiary/aromatic N) is 4. The van der Waals surface area contributed by atoms with E-state index in [1.807, 2.05) is 6.07 Å². The Morgan fingerprint density at radius 1 is 1.38 bits per heavy atom. The van der Waals surface area contributed by atoms with Crippen LogP contribution in [-0.2, 0) is 4.74 Å². The van der Waals surface area contributed by atoms with Gasteiger partial charge in [0.2, 0.25) is 0 Å². The predicted molar refractivity (Wildman–Crippen MR) is 113 cm³/mol. The number of piperidine rings is 1. The van der Waals surface area contributed by atoms with Crippen molar-refractivity contribution < 1.29 is 9.53 Å². The maximum atomic E-state index is 11.6. The van der Waals surface area contributed by atoms with Crippen molar-refractivity contribution in [2.45, 2.75) is 32.7 Å². The van der Waals surface area contributed by atoms with E-state index in [9.17, 15) is 4.79 Å². The molecule has 144 valence electrons. The van der Waals surface area contributed by atoms with Crippen molar-refractivity contribution in [2.75, 3.05) is 37.7 Å². The Bertz CT molecular complexity index is 631. The van der Waals surface area contributed by atoms with Gasteiger partial charge in [-0.15, -0.1) is 24.0 Å². The lowest BCUT2D eigenvalue weighted by molar-refractivity contribution is 0.0526. The molecule has 2 fully saturated rings. The van der Waals surface area contributed by atoms with Gasteiger partial charge in [0.05, 0.1) is 18.2 Å². The van der Waals surface area contributed by atoms with Gasteiger partial charge in [-0.1, -0.05) is 6.92 Å². The van der Waals surface area contributed by atoms with Crippen LogP contribution < -0.4 is 10.6 Å². The molecule has 1 atom stereocenters. The van der Waals surface area contributed by atoms with Gasteiger partial charge in [0.15, 0.2) is 5.96 Å². The van der Waals surface area contributed by atoms with Crippen molar-refractivity contribution in [3.05, 3.63) is 23.9 Å². The zero-order chi connectivity index (χ0) is 17.8. The number of carbonyl (C=O) groups is 1. The van der Waals surface area contributed by atoms with E-state index in [4.69, 9.17) is 10.5 Å². The minimum Gasteiger partial charge on any atom is -0.462 e. The summed E-state index contributed by atoms with van der Waals surface area (Å²) in [4.78, 5) is 25.0. The van der Waals surface area contributed by atoms with Crippen LogP contribution in [0.4, 0.5) is 5.82 Å². The maximum absolute atomic E-state index is 11.6. The van der Waals surface area contributed by atoms with Gasteiger partial charge in [-0.25, -0.2) is 14.8 Å². The summed E-state index contributed by atoms with van der Waals surface area (Å²) in [5, 5.41) is 0. The molecule has 2 aliphatic heterocycles. The number of hydrogen-bond acceptors (Lipinski definition) is 5. The van der Waals surface area contributed by atoms with Gasteiger partial charge in [0.1, 0.15) is 5.82 Å². The van der Waals surface area contributed by atoms with E-state index >= 15 is 0 Å². The van der Waals surface area contributed by atoms with Crippen LogP contribution in [0.25, 0.3) is 0 Å². The topological polar surface area (TPSA) is 84.0 Å². The molecule has 3 rings (SSSR count). The molecule has 1 unspecified atom stereocenters. The molecule has 0 aromatic carbocycles. The number of guanidine groups is 1. The van der Waals surface area contributed by atoms with Crippen molar-refractivity contribution >= 4 is 41.7 Å². The molecular formula is C18H28IN5O2. The fourth-order valence-corrected chi connectivity index (χ4v) is 3.30. The summed E-state index contributed by atoms with van der Waals surface area (Å²) in [5.74, 6) is 1.87. The van der Waals surface area contributed by atoms with Crippen LogP contribution in [0, 0.1) is 5.92 Å². The first kappa shape index (κ1) is 20.7. The SMILES string of the molecule is CCOC(=O)c1ccc(N2CC(N=C(N)N3CCCC(C)C3)C2)nc1.I. The molecule has 0 aliphatic carbocycles. The Kier molecular flexibility index (Phi) is 7.48. The zero-order valence-corrected chi connectivity index (χ0v) is 17.8. The monoisotopic (exact) mass is 473 g/mol. The van der Waals surface area contributed by atoms with Crippen molar-refractivity contribution in [2.24, 2.45) is 16.6 Å². The molecule has 1 aromatic heterocycles. The minimum atomic E-state index is -0.337. The molecule has 0 spiro atoms. The van der Waals surface area contributed by atoms with E-state index in [2.05, 4.69) is 26.7 Å². The summed E-state index contributed by atoms with van der Waals surface area (Å²) in [5.41, 5.74) is 6.65. The molecule has 7 nitrogen and oxygen atoms in total. The number of anilines is 1. The van der Waals surface area contributed by atoms with Crippen LogP contribution >= 0.6 is 24.0 Å². The van der Waals surface area contributed by atoms with Crippen LogP contribution in [0.5, 0.6) is 0 Å². The first-order valence-corrected chi connectivity index (χ1v) is 9.03. The minimum absolute atomic E-state index is 0. The third kappa shape index (κ3) is 4.99. The average Bonchev–Trinajstić information content (AvgIpc) is 2.58. The number of halogens is 1. The average molecular weight is 473 g/mol. The molecule has 2 aliphatic rings. The lowest BCUT2D eigenvalue weighted by Gasteiger charge is -2.39. The number of rotatable bonds is 4. The number of nitrogens with two attached hydrogens (primary N) is 1. The third-order valence-electron chi connectivity index (χ3n) is 4.74. The largest absolute Gasteiger partial charge is 0.462 e. The molecule has 0 saturated carbocycles. The van der Waals surface area contributed by atoms with Gasteiger partial charge in [-0.2, -0.15) is 0 Å². The number of esters is 1. The van der Waals surface area contributed by atoms with E-state index < -0.39 is 0 Å². The number of aliphatic imine (C=N–C) groups is 1. The van der Waals surface area contributed by atoms with Gasteiger partial charge in [0, 0.05) is 32.4 Å². The number of likely N-dealkylation sites (tertiary alicyclic amines) is 1. The van der Waals surface area contributed by atoms with Crippen LogP contribution in [0.1, 0.15) is 37.0 Å². The van der Waals surface area contributed by atoms with Crippen molar-refractivity contribution in [1.82, 2.24) is 9.88 Å². The summed E-state index contributed by atoms with van der Waals surface area (Å²) in [6.07, 6.45) is 4.02. The smallest absolute Gasteiger partial charge is 0.339 e. The number of aromatic nitrogens is 1. The standard InChI is InChI=1S/C18H27N5O2.HI/c1-3-25-17(24)14-6-7-16(20-9-14)23-11-15(12-23)21-18(19)22-8-4-5-13(2)10-22;/h6-7,9,13,15H,3-5,8,10-12H2,1-2H3,(H2,19,21);1H. The fourth-order valence-electron chi connectivity index (χ4n) is 3.30. The molecular weight excluding hydrogens is 445 g/mol. The number of hydrogen-bond donors (Lipinski definition) is 1. The predicted octanol–water partition coefficient (Wildman–Crippen LogP) is 2.11. The summed E-state index contributed by atoms with van der Waals surface area (Å²) in [6, 6.07) is 3.81. The molecule has 8 heteroatoms. The Balaban J connectivity index is 0.00000243. The summed E-state index contributed by atoms with van der Waals surface area (Å²) < 4.78 is 4.97. The van der Waals surface area contributed by atoms with Crippen molar-refractivity contribution in [3.63, 3.8) is 0 Å². The number of ether oxygens (including phenoxy) is 1. The Morgan fingerprint density at radius 2 is 2.15 bits per heavy atom. The quantitative estimate of drug-likeness (QED) is 0.312. The van der Waals surface area contributed by atoms with Crippen LogP contribution in [0.3, 0.4) is 0 Å². The molecule has 0 bridgehead atoms. The maximum Gasteiger partial charge on any atom is 0.339 e. The second-order valence-electron chi connectivity index (χ2n) is 6.87. The Labute approximate surface area is 172 Å². The summed E-state index contributed by atoms with van der Waals surface area (Å²) in [7, 11) is 0. The van der Waals surface area contributed by atoms with E-state index in [0.29, 0.717) is 24.0 Å². The second-order valence-corrected chi connectivity index (χ2v) is 6.87. The fraction of sp³-hybridized carbons (Fsp3) is 0.611. The second kappa shape index (κ2) is 9.38. The van der Waals surface area contributed by atoms with Gasteiger partial charge >= 0.3 is 5.97 Å². The van der Waals surface area contributed by atoms with Crippen LogP contribution in [0.15, 0.2) is 23.3 Å². The highest BCUT2D eigenvalue weighted by molar-refractivity contribution is 14.0. The summed E-state index contributed by atoms with van der Waals surface area (Å²) >= 11 is 0. The van der Waals surface area contributed by atoms with Gasteiger partial charge in [-0.05, 0) is 37.8 Å². The normalized spacial score (nSPS) is 21.0. The number of pyridine rings is 1. The molecule has 0 radical (unpaired) electrons. The Morgan fingerprint density at radius 3 is 2.77 bits per heavy atom. The highest BCUT2D eigenvalue weighted by atomic mass is 127. The van der Waals surface area contributed by atoms with Gasteiger partial charge in [0.25, 0.3) is 0 Å². The molecule has 26 heavy (non-hydrogen) atoms. The van der Waals surface area contributed by atoms with E-state index in [1.165, 1.54) is 12.8 Å². The molecule has 2 N–H and O–H groups in total. The van der Waals surface area contributed by atoms with E-state index in [-0.39, 0.29) is 36.0 Å². The van der Waals surface area contributed by atoms with Crippen molar-refractivity contribution in [1.29, 1.82) is 0 Å². The Hall–Kier alpha value is -1.58. The molecule has 2 saturated heterocycles. The molecule has 1 aromatic rings. The van der Waals surface area contributed by atoms with Crippen molar-refractivity contribution in [3.8, 4) is 0 Å². The lowest BCUT2D eigenvalue weighted by Crippen LogP contribution is -2.52. The van der Waals surface area contributed by atoms with Crippen LogP contribution in [0.2, 0.25) is 0 Å².